The van der Waals surface area contributed by atoms with Crippen molar-refractivity contribution in [3.8, 4) is 0 Å². The Kier molecular flexibility index (Phi) is 3.12. The first kappa shape index (κ1) is 13.0. The second-order valence-electron chi connectivity index (χ2n) is 4.28. The van der Waals surface area contributed by atoms with Gasteiger partial charge >= 0.3 is 5.97 Å². The number of rotatable bonds is 4. The molecule has 1 aromatic carbocycles. The quantitative estimate of drug-likeness (QED) is 0.860. The largest absolute Gasteiger partial charge is 0.480 e. The Morgan fingerprint density at radius 2 is 1.94 bits per heavy atom. The summed E-state index contributed by atoms with van der Waals surface area (Å²) in [6.07, 6.45) is 1.07. The van der Waals surface area contributed by atoms with Gasteiger partial charge in [-0.15, -0.1) is 0 Å². The van der Waals surface area contributed by atoms with E-state index in [4.69, 9.17) is 5.11 Å². The summed E-state index contributed by atoms with van der Waals surface area (Å²) in [6.45, 7) is 0. The number of nitrogens with one attached hydrogen (secondary N) is 1. The molecule has 1 saturated carbocycles. The molecular weight excluding hydrogens is 261 g/mol. The Labute approximate surface area is 104 Å². The van der Waals surface area contributed by atoms with Gasteiger partial charge in [-0.05, 0) is 31.4 Å². The molecule has 0 radical (unpaired) electrons. The average molecular weight is 273 g/mol. The van der Waals surface area contributed by atoms with Gasteiger partial charge in [-0.2, -0.15) is 4.72 Å². The average Bonchev–Trinajstić information content (AvgIpc) is 2.23. The van der Waals surface area contributed by atoms with Crippen molar-refractivity contribution in [1.82, 2.24) is 4.72 Å². The molecule has 7 heteroatoms. The first-order chi connectivity index (χ1) is 8.37. The summed E-state index contributed by atoms with van der Waals surface area (Å²) in [4.78, 5) is 10.5. The van der Waals surface area contributed by atoms with E-state index in [1.54, 1.807) is 0 Å². The first-order valence-corrected chi connectivity index (χ1v) is 6.88. The van der Waals surface area contributed by atoms with Crippen molar-refractivity contribution in [1.29, 1.82) is 0 Å². The summed E-state index contributed by atoms with van der Waals surface area (Å²) >= 11 is 0. The van der Waals surface area contributed by atoms with Crippen LogP contribution in [0, 0.1) is 5.82 Å². The summed E-state index contributed by atoms with van der Waals surface area (Å²) in [5.41, 5.74) is -1.49. The van der Waals surface area contributed by atoms with Crippen LogP contribution in [-0.4, -0.2) is 25.0 Å². The topological polar surface area (TPSA) is 83.5 Å². The molecule has 18 heavy (non-hydrogen) atoms. The summed E-state index contributed by atoms with van der Waals surface area (Å²) < 4.78 is 39.4. The highest BCUT2D eigenvalue weighted by molar-refractivity contribution is 7.89. The Morgan fingerprint density at radius 3 is 2.39 bits per heavy atom. The van der Waals surface area contributed by atoms with E-state index in [9.17, 15) is 17.6 Å². The number of hydrogen-bond acceptors (Lipinski definition) is 3. The van der Waals surface area contributed by atoms with E-state index in [-0.39, 0.29) is 12.8 Å². The fourth-order valence-electron chi connectivity index (χ4n) is 1.86. The molecular formula is C11H12FNO4S. The number of benzene rings is 1. The Bertz CT molecular complexity index is 580. The van der Waals surface area contributed by atoms with Crippen LogP contribution in [0.4, 0.5) is 4.39 Å². The lowest BCUT2D eigenvalue weighted by atomic mass is 9.78. The molecule has 0 amide bonds. The maximum atomic E-state index is 13.4. The zero-order chi connectivity index (χ0) is 13.4. The number of carbonyl (C=O) groups is 1. The predicted octanol–water partition coefficient (Wildman–Crippen LogP) is 1.11. The van der Waals surface area contributed by atoms with E-state index >= 15 is 0 Å². The van der Waals surface area contributed by atoms with Crippen LogP contribution < -0.4 is 4.72 Å². The second-order valence-corrected chi connectivity index (χ2v) is 5.93. The third-order valence-electron chi connectivity index (χ3n) is 3.07. The van der Waals surface area contributed by atoms with Crippen LogP contribution in [0.3, 0.4) is 0 Å². The van der Waals surface area contributed by atoms with Gasteiger partial charge in [0.2, 0.25) is 10.0 Å². The van der Waals surface area contributed by atoms with Gasteiger partial charge in [0.25, 0.3) is 0 Å². The van der Waals surface area contributed by atoms with E-state index in [1.165, 1.54) is 12.1 Å². The van der Waals surface area contributed by atoms with Crippen molar-refractivity contribution in [3.63, 3.8) is 0 Å². The van der Waals surface area contributed by atoms with Crippen molar-refractivity contribution in [2.75, 3.05) is 0 Å². The Hall–Kier alpha value is -1.47. The third kappa shape index (κ3) is 2.11. The number of aliphatic carboxylic acids is 1. The lowest BCUT2D eigenvalue weighted by Crippen LogP contribution is -2.58. The SMILES string of the molecule is O=C(O)C1(NS(=O)(=O)c2ccccc2F)CCC1. The highest BCUT2D eigenvalue weighted by atomic mass is 32.2. The minimum Gasteiger partial charge on any atom is -0.480 e. The van der Waals surface area contributed by atoms with Gasteiger partial charge in [0.1, 0.15) is 16.3 Å². The van der Waals surface area contributed by atoms with Gasteiger partial charge in [-0.25, -0.2) is 12.8 Å². The Balaban J connectivity index is 2.34. The van der Waals surface area contributed by atoms with Crippen LogP contribution in [0.2, 0.25) is 0 Å². The van der Waals surface area contributed by atoms with E-state index < -0.39 is 32.2 Å². The van der Waals surface area contributed by atoms with Crippen molar-refractivity contribution >= 4 is 16.0 Å². The van der Waals surface area contributed by atoms with E-state index in [2.05, 4.69) is 4.72 Å². The number of sulfonamides is 1. The highest BCUT2D eigenvalue weighted by Gasteiger charge is 2.47. The van der Waals surface area contributed by atoms with Crippen LogP contribution in [0.25, 0.3) is 0 Å². The summed E-state index contributed by atoms with van der Waals surface area (Å²) in [5, 5.41) is 9.04. The second kappa shape index (κ2) is 4.33. The molecule has 0 atom stereocenters. The number of halogens is 1. The number of carboxylic acid groups (broad SMARTS) is 1. The van der Waals surface area contributed by atoms with Gasteiger partial charge in [-0.3, -0.25) is 4.79 Å². The molecule has 2 rings (SSSR count). The molecule has 0 aromatic heterocycles. The van der Waals surface area contributed by atoms with Crippen molar-refractivity contribution < 1.29 is 22.7 Å². The minimum atomic E-state index is -4.16. The fourth-order valence-corrected chi connectivity index (χ4v) is 3.36. The highest BCUT2D eigenvalue weighted by Crippen LogP contribution is 2.33. The van der Waals surface area contributed by atoms with Gasteiger partial charge < -0.3 is 5.11 Å². The summed E-state index contributed by atoms with van der Waals surface area (Å²) in [5.74, 6) is -2.13. The maximum Gasteiger partial charge on any atom is 0.324 e. The van der Waals surface area contributed by atoms with Crippen LogP contribution >= 0.6 is 0 Å². The Morgan fingerprint density at radius 1 is 1.33 bits per heavy atom. The standard InChI is InChI=1S/C11H12FNO4S/c12-8-4-1-2-5-9(8)18(16,17)13-11(10(14)15)6-3-7-11/h1-2,4-5,13H,3,6-7H2,(H,14,15). The minimum absolute atomic E-state index is 0.218. The van der Waals surface area contributed by atoms with Gasteiger partial charge in [0.05, 0.1) is 0 Å². The number of hydrogen-bond donors (Lipinski definition) is 2. The normalized spacial score (nSPS) is 18.1. The number of carboxylic acids is 1. The molecule has 0 aliphatic heterocycles. The van der Waals surface area contributed by atoms with Crippen molar-refractivity contribution in [3.05, 3.63) is 30.1 Å². The van der Waals surface area contributed by atoms with Crippen LogP contribution in [0.1, 0.15) is 19.3 Å². The zero-order valence-corrected chi connectivity index (χ0v) is 10.2. The molecule has 0 spiro atoms. The summed E-state index contributed by atoms with van der Waals surface area (Å²) in [7, 11) is -4.16. The monoisotopic (exact) mass is 273 g/mol. The van der Waals surface area contributed by atoms with E-state index in [0.29, 0.717) is 6.42 Å². The van der Waals surface area contributed by atoms with Crippen LogP contribution in [0.15, 0.2) is 29.2 Å². The molecule has 0 unspecified atom stereocenters. The molecule has 1 aromatic rings. The first-order valence-electron chi connectivity index (χ1n) is 5.39. The lowest BCUT2D eigenvalue weighted by Gasteiger charge is -2.37. The van der Waals surface area contributed by atoms with Crippen molar-refractivity contribution in [2.45, 2.75) is 29.7 Å². The van der Waals surface area contributed by atoms with E-state index in [0.717, 1.165) is 12.1 Å². The molecule has 1 aliphatic carbocycles. The molecule has 1 fully saturated rings. The van der Waals surface area contributed by atoms with Crippen molar-refractivity contribution in [2.24, 2.45) is 0 Å². The molecule has 5 nitrogen and oxygen atoms in total. The summed E-state index contributed by atoms with van der Waals surface area (Å²) in [6, 6.07) is 4.87. The zero-order valence-electron chi connectivity index (χ0n) is 9.39. The van der Waals surface area contributed by atoms with Gasteiger partial charge in [-0.1, -0.05) is 12.1 Å². The molecule has 1 aliphatic rings. The lowest BCUT2D eigenvalue weighted by molar-refractivity contribution is -0.147. The van der Waals surface area contributed by atoms with Gasteiger partial charge in [0.15, 0.2) is 0 Å². The smallest absolute Gasteiger partial charge is 0.324 e. The maximum absolute atomic E-state index is 13.4. The molecule has 98 valence electrons. The predicted molar refractivity (Wildman–Crippen MR) is 60.9 cm³/mol. The van der Waals surface area contributed by atoms with E-state index in [1.807, 2.05) is 0 Å². The van der Waals surface area contributed by atoms with Crippen LogP contribution in [-0.2, 0) is 14.8 Å². The third-order valence-corrected chi connectivity index (χ3v) is 4.64. The molecule has 0 bridgehead atoms. The molecule has 2 N–H and O–H groups in total. The fraction of sp³-hybridized carbons (Fsp3) is 0.364. The van der Waals surface area contributed by atoms with Gasteiger partial charge in [0, 0.05) is 0 Å². The molecule has 0 heterocycles. The molecule has 0 saturated heterocycles. The van der Waals surface area contributed by atoms with Crippen LogP contribution in [0.5, 0.6) is 0 Å².